The van der Waals surface area contributed by atoms with Crippen molar-refractivity contribution in [1.82, 2.24) is 0 Å². The van der Waals surface area contributed by atoms with Gasteiger partial charge in [0, 0.05) is 10.8 Å². The summed E-state index contributed by atoms with van der Waals surface area (Å²) in [7, 11) is 1.08. The molecule has 9 aliphatic rings. The highest BCUT2D eigenvalue weighted by molar-refractivity contribution is 5.75. The Hall–Kier alpha value is -1.63. The van der Waals surface area contributed by atoms with Gasteiger partial charge >= 0.3 is 5.97 Å². The molecule has 0 aromatic rings. The third-order valence-corrected chi connectivity index (χ3v) is 21.8. The summed E-state index contributed by atoms with van der Waals surface area (Å²) in [5.74, 6) is -0.934. The van der Waals surface area contributed by atoms with E-state index in [0.717, 1.165) is 39.2 Å². The standard InChI is InChI=1S/C55H90O23/c1-23-32(59)35(62)40(67)46(71-23)77-43-37(64)34(61)27(21-57)73-48(43)78-44-39(66)38(65)42(45(69)70-9)76-49(44)74-30-13-14-52(5)28(53(30,6)22-58)12-15-55(8)29(52)11-10-24-25-18-50(2,3)19-31(51(25,4)16-17-54(24,55)7)75-47-41(68)36(63)33(60)26(20-56)72-47/h10,23,25-44,46-49,56-68H,11-22H2,1-9H3/t23-,25-,26+,27+,28+,29+,30-,31+,32-,33+,34-,35+,36-,37-,38-,39-,40+,41+,42-,43+,44+,46-,47-,48-,49+,51+,52-,53+,54+,55+/m0/s1. The van der Waals surface area contributed by atoms with Gasteiger partial charge in [-0.3, -0.25) is 0 Å². The number of hydrogen-bond donors (Lipinski definition) is 13. The van der Waals surface area contributed by atoms with Gasteiger partial charge in [-0.1, -0.05) is 60.1 Å². The van der Waals surface area contributed by atoms with Crippen molar-refractivity contribution in [3.05, 3.63) is 11.6 Å². The van der Waals surface area contributed by atoms with Crippen molar-refractivity contribution in [2.24, 2.45) is 50.2 Å². The van der Waals surface area contributed by atoms with Crippen LogP contribution in [0.15, 0.2) is 11.6 Å². The number of carbonyl (C=O) groups is 1. The van der Waals surface area contributed by atoms with Crippen LogP contribution in [0.2, 0.25) is 0 Å². The third kappa shape index (κ3) is 9.78. The molecule has 0 spiro atoms. The number of allylic oxidation sites excluding steroid dienone is 2. The van der Waals surface area contributed by atoms with Crippen LogP contribution in [0.25, 0.3) is 0 Å². The maximum atomic E-state index is 13.2. The van der Waals surface area contributed by atoms with Crippen LogP contribution in [0.4, 0.5) is 0 Å². The number of fused-ring (bicyclic) bond motifs is 7. The summed E-state index contributed by atoms with van der Waals surface area (Å²) in [6.07, 6.45) is -25.2. The molecule has 4 saturated heterocycles. The van der Waals surface area contributed by atoms with Crippen LogP contribution >= 0.6 is 0 Å². The van der Waals surface area contributed by atoms with Crippen LogP contribution < -0.4 is 0 Å². The lowest BCUT2D eigenvalue weighted by Gasteiger charge is -2.72. The minimum atomic E-state index is -1.99. The molecule has 0 radical (unpaired) electrons. The monoisotopic (exact) mass is 1120 g/mol. The summed E-state index contributed by atoms with van der Waals surface area (Å²) in [6.45, 7) is 15.5. The lowest BCUT2D eigenvalue weighted by atomic mass is 9.33. The summed E-state index contributed by atoms with van der Waals surface area (Å²) in [4.78, 5) is 13.2. The summed E-state index contributed by atoms with van der Waals surface area (Å²) in [6, 6.07) is 0. The third-order valence-electron chi connectivity index (χ3n) is 21.8. The van der Waals surface area contributed by atoms with Crippen molar-refractivity contribution in [3.63, 3.8) is 0 Å². The molecule has 0 aromatic heterocycles. The topological polar surface area (TPSA) is 363 Å². The molecule has 13 N–H and O–H groups in total. The Morgan fingerprint density at radius 3 is 1.73 bits per heavy atom. The smallest absolute Gasteiger partial charge is 0.337 e. The number of rotatable bonds is 12. The van der Waals surface area contributed by atoms with E-state index in [2.05, 4.69) is 47.6 Å². The van der Waals surface area contributed by atoms with E-state index in [-0.39, 0.29) is 57.5 Å². The Bertz CT molecular complexity index is 2150. The highest BCUT2D eigenvalue weighted by Gasteiger charge is 2.70. The largest absolute Gasteiger partial charge is 0.467 e. The number of carbonyl (C=O) groups excluding carboxylic acids is 1. The average Bonchev–Trinajstić information content (AvgIpc) is 3.08. The van der Waals surface area contributed by atoms with E-state index in [0.29, 0.717) is 25.7 Å². The highest BCUT2D eigenvalue weighted by atomic mass is 16.8. The van der Waals surface area contributed by atoms with Gasteiger partial charge in [-0.2, -0.15) is 0 Å². The average molecular weight is 1120 g/mol. The molecule has 4 saturated carbocycles. The number of methoxy groups -OCH3 is 1. The number of hydrogen-bond acceptors (Lipinski definition) is 23. The minimum Gasteiger partial charge on any atom is -0.467 e. The Labute approximate surface area is 455 Å². The van der Waals surface area contributed by atoms with Gasteiger partial charge in [-0.15, -0.1) is 0 Å². The van der Waals surface area contributed by atoms with Crippen LogP contribution in [0.3, 0.4) is 0 Å². The second-order valence-electron chi connectivity index (χ2n) is 26.6. The van der Waals surface area contributed by atoms with Crippen molar-refractivity contribution < 1.29 is 114 Å². The number of aliphatic hydroxyl groups is 13. The quantitative estimate of drug-likeness (QED) is 0.0608. The molecule has 0 bridgehead atoms. The summed E-state index contributed by atoms with van der Waals surface area (Å²) >= 11 is 0. The van der Waals surface area contributed by atoms with E-state index in [9.17, 15) is 71.2 Å². The molecular weight excluding hydrogens is 1030 g/mol. The van der Waals surface area contributed by atoms with Crippen molar-refractivity contribution in [3.8, 4) is 0 Å². The molecule has 0 aromatic carbocycles. The second kappa shape index (κ2) is 22.1. The Morgan fingerprint density at radius 2 is 1.12 bits per heavy atom. The van der Waals surface area contributed by atoms with Gasteiger partial charge in [0.15, 0.2) is 31.3 Å². The van der Waals surface area contributed by atoms with Crippen LogP contribution in [0, 0.1) is 50.2 Å². The molecule has 23 heteroatoms. The first-order chi connectivity index (χ1) is 36.5. The van der Waals surface area contributed by atoms with Gasteiger partial charge in [0.1, 0.15) is 85.5 Å². The first-order valence-electron chi connectivity index (χ1n) is 28.2. The molecule has 78 heavy (non-hydrogen) atoms. The van der Waals surface area contributed by atoms with E-state index in [1.165, 1.54) is 12.5 Å². The first-order valence-corrected chi connectivity index (χ1v) is 28.2. The molecule has 8 fully saturated rings. The van der Waals surface area contributed by atoms with Gasteiger partial charge in [0.05, 0.1) is 45.2 Å². The van der Waals surface area contributed by atoms with Crippen molar-refractivity contribution in [1.29, 1.82) is 0 Å². The highest BCUT2D eigenvalue weighted by Crippen LogP contribution is 2.76. The zero-order valence-electron chi connectivity index (χ0n) is 46.4. The summed E-state index contributed by atoms with van der Waals surface area (Å²) in [5.41, 5.74) is -0.964. The summed E-state index contributed by atoms with van der Waals surface area (Å²) in [5, 5.41) is 142. The second-order valence-corrected chi connectivity index (χ2v) is 26.6. The Balaban J connectivity index is 0.984. The van der Waals surface area contributed by atoms with Crippen LogP contribution in [-0.4, -0.2) is 234 Å². The SMILES string of the molecule is COC(=O)[C@H]1O[C@@H](O[C@H]2CC[C@@]3(C)[C@@H](CC[C@]4(C)[C@@H]3CC=C3[C@@H]5CC(C)(C)C[C@@H](O[C@@H]6O[C@H](CO)[C@@H](O)[C@H](O)[C@H]6O)[C@]5(C)CC[C@]34C)[C@@]2(C)CO)[C@H](O[C@@H]2O[C@H](CO)[C@H](O)[C@H](O)[C@H]2O[C@@H]2O[C@@H](C)[C@H](O)[C@@H](O)[C@H]2O)[C@@H](O)[C@@H]1O. The van der Waals surface area contributed by atoms with Gasteiger partial charge in [-0.05, 0) is 104 Å². The number of aliphatic hydroxyl groups excluding tert-OH is 13. The molecule has 4 aliphatic heterocycles. The maximum Gasteiger partial charge on any atom is 0.337 e. The zero-order valence-corrected chi connectivity index (χ0v) is 46.4. The van der Waals surface area contributed by atoms with Gasteiger partial charge in [0.25, 0.3) is 0 Å². The fourth-order valence-corrected chi connectivity index (χ4v) is 16.7. The summed E-state index contributed by atoms with van der Waals surface area (Å²) < 4.78 is 54.4. The van der Waals surface area contributed by atoms with Crippen LogP contribution in [-0.2, 0) is 47.4 Å². The number of esters is 1. The first kappa shape index (κ1) is 60.9. The molecule has 23 nitrogen and oxygen atoms in total. The van der Waals surface area contributed by atoms with E-state index >= 15 is 0 Å². The fourth-order valence-electron chi connectivity index (χ4n) is 16.7. The van der Waals surface area contributed by atoms with E-state index < -0.39 is 154 Å². The molecule has 5 aliphatic carbocycles. The molecule has 0 unspecified atom stereocenters. The van der Waals surface area contributed by atoms with Gasteiger partial charge in [0.2, 0.25) is 0 Å². The molecule has 30 atom stereocenters. The number of ether oxygens (including phenoxy) is 9. The van der Waals surface area contributed by atoms with Gasteiger partial charge < -0.3 is 109 Å². The molecule has 448 valence electrons. The Morgan fingerprint density at radius 1 is 0.564 bits per heavy atom. The maximum absolute atomic E-state index is 13.2. The predicted octanol–water partition coefficient (Wildman–Crippen LogP) is -1.38. The fraction of sp³-hybridized carbons (Fsp3) is 0.945. The van der Waals surface area contributed by atoms with Crippen molar-refractivity contribution in [2.75, 3.05) is 26.9 Å². The Kier molecular flexibility index (Phi) is 17.3. The molecule has 4 heterocycles. The van der Waals surface area contributed by atoms with E-state index in [1.54, 1.807) is 0 Å². The normalized spacial score (nSPS) is 55.1. The molecule has 0 amide bonds. The predicted molar refractivity (Wildman–Crippen MR) is 268 cm³/mol. The van der Waals surface area contributed by atoms with Crippen molar-refractivity contribution in [2.45, 2.75) is 248 Å². The van der Waals surface area contributed by atoms with Crippen molar-refractivity contribution >= 4 is 5.97 Å². The van der Waals surface area contributed by atoms with Crippen LogP contribution in [0.5, 0.6) is 0 Å². The van der Waals surface area contributed by atoms with E-state index in [4.69, 9.17) is 42.6 Å². The lowest BCUT2D eigenvalue weighted by molar-refractivity contribution is -0.396. The van der Waals surface area contributed by atoms with Crippen LogP contribution in [0.1, 0.15) is 113 Å². The molecular formula is C55H90O23. The zero-order chi connectivity index (χ0) is 57.1. The molecule has 9 rings (SSSR count). The lowest BCUT2D eigenvalue weighted by Crippen LogP contribution is -2.68. The van der Waals surface area contributed by atoms with Gasteiger partial charge in [-0.25, -0.2) is 4.79 Å². The van der Waals surface area contributed by atoms with E-state index in [1.807, 2.05) is 6.92 Å². The minimum absolute atomic E-state index is 0.0971.